The van der Waals surface area contributed by atoms with E-state index in [1.165, 1.54) is 0 Å². The molecule has 15 heavy (non-hydrogen) atoms. The Hall–Kier alpha value is -1.55. The van der Waals surface area contributed by atoms with Gasteiger partial charge in [0, 0.05) is 18.2 Å². The highest BCUT2D eigenvalue weighted by Gasteiger charge is 2.05. The third kappa shape index (κ3) is 4.46. The Labute approximate surface area is 88.9 Å². The van der Waals surface area contributed by atoms with E-state index in [4.69, 9.17) is 9.84 Å². The van der Waals surface area contributed by atoms with Crippen molar-refractivity contribution < 1.29 is 14.6 Å². The van der Waals surface area contributed by atoms with E-state index in [-0.39, 0.29) is 19.1 Å². The zero-order chi connectivity index (χ0) is 11.1. The van der Waals surface area contributed by atoms with Gasteiger partial charge < -0.3 is 9.84 Å². The average Bonchev–Trinajstić information content (AvgIpc) is 2.27. The molecule has 4 heteroatoms. The molecule has 0 radical (unpaired) electrons. The highest BCUT2D eigenvalue weighted by atomic mass is 16.5. The third-order valence-electron chi connectivity index (χ3n) is 1.83. The fourth-order valence-corrected chi connectivity index (χ4v) is 0.946. The molecule has 0 aliphatic carbocycles. The quantitative estimate of drug-likeness (QED) is 0.795. The van der Waals surface area contributed by atoms with E-state index < -0.39 is 6.09 Å². The Morgan fingerprint density at radius 2 is 2.13 bits per heavy atom. The van der Waals surface area contributed by atoms with E-state index in [9.17, 15) is 4.79 Å². The second-order valence-corrected chi connectivity index (χ2v) is 3.38. The Kier molecular flexibility index (Phi) is 4.63. The number of nitrogens with one attached hydrogen (secondary N) is 1. The minimum absolute atomic E-state index is 0.0125. The molecule has 2 N–H and O–H groups in total. The van der Waals surface area contributed by atoms with Gasteiger partial charge in [-0.25, -0.2) is 4.79 Å². The number of carbonyl (C=O) groups is 1. The second-order valence-electron chi connectivity index (χ2n) is 3.38. The van der Waals surface area contributed by atoms with Gasteiger partial charge in [-0.3, -0.25) is 5.32 Å². The van der Waals surface area contributed by atoms with Crippen LogP contribution in [-0.4, -0.2) is 24.4 Å². The molecule has 1 unspecified atom stereocenters. The van der Waals surface area contributed by atoms with E-state index >= 15 is 0 Å². The number of aliphatic hydroxyl groups excluding tert-OH is 1. The topological polar surface area (TPSA) is 58.6 Å². The fourth-order valence-electron chi connectivity index (χ4n) is 0.946. The summed E-state index contributed by atoms with van der Waals surface area (Å²) >= 11 is 0. The molecule has 4 nitrogen and oxygen atoms in total. The van der Waals surface area contributed by atoms with Gasteiger partial charge in [-0.15, -0.1) is 0 Å². The van der Waals surface area contributed by atoms with Crippen molar-refractivity contribution in [1.29, 1.82) is 0 Å². The minimum atomic E-state index is -0.499. The first-order valence-corrected chi connectivity index (χ1v) is 4.82. The summed E-state index contributed by atoms with van der Waals surface area (Å²) in [5.41, 5.74) is 0.694. The van der Waals surface area contributed by atoms with Crippen molar-refractivity contribution in [3.63, 3.8) is 0 Å². The number of amides is 1. The molecular formula is C11H15NO3. The van der Waals surface area contributed by atoms with Crippen LogP contribution in [0.1, 0.15) is 6.92 Å². The van der Waals surface area contributed by atoms with Crippen molar-refractivity contribution in [2.24, 2.45) is 5.92 Å². The summed E-state index contributed by atoms with van der Waals surface area (Å²) in [5, 5.41) is 11.3. The fraction of sp³-hybridized carbons (Fsp3) is 0.364. The second kappa shape index (κ2) is 6.03. The maximum absolute atomic E-state index is 11.2. The first kappa shape index (κ1) is 11.5. The van der Waals surface area contributed by atoms with E-state index in [0.717, 1.165) is 0 Å². The lowest BCUT2D eigenvalue weighted by molar-refractivity contribution is 0.120. The van der Waals surface area contributed by atoms with Gasteiger partial charge in [0.1, 0.15) is 0 Å². The predicted octanol–water partition coefficient (Wildman–Crippen LogP) is 1.86. The summed E-state index contributed by atoms with van der Waals surface area (Å²) in [6.45, 7) is 2.03. The van der Waals surface area contributed by atoms with Crippen LogP contribution in [0.15, 0.2) is 30.3 Å². The maximum atomic E-state index is 11.2. The standard InChI is InChI=1S/C11H15NO3/c1-9(7-13)8-15-11(14)12-10-5-3-2-4-6-10/h2-6,9,13H,7-8H2,1H3,(H,12,14). The Bertz CT molecular complexity index is 300. The number of anilines is 1. The molecule has 0 aromatic heterocycles. The normalized spacial score (nSPS) is 11.9. The summed E-state index contributed by atoms with van der Waals surface area (Å²) in [6, 6.07) is 9.07. The van der Waals surface area contributed by atoms with Crippen molar-refractivity contribution in [3.8, 4) is 0 Å². The average molecular weight is 209 g/mol. The molecule has 1 amide bonds. The van der Waals surface area contributed by atoms with Crippen molar-refractivity contribution in [2.75, 3.05) is 18.5 Å². The molecule has 0 aliphatic heterocycles. The van der Waals surface area contributed by atoms with Crippen LogP contribution in [-0.2, 0) is 4.74 Å². The van der Waals surface area contributed by atoms with Crippen LogP contribution in [0.5, 0.6) is 0 Å². The largest absolute Gasteiger partial charge is 0.449 e. The van der Waals surface area contributed by atoms with Crippen LogP contribution >= 0.6 is 0 Å². The van der Waals surface area contributed by atoms with Crippen LogP contribution in [0, 0.1) is 5.92 Å². The maximum Gasteiger partial charge on any atom is 0.411 e. The number of ether oxygens (including phenoxy) is 1. The van der Waals surface area contributed by atoms with Gasteiger partial charge in [0.25, 0.3) is 0 Å². The Morgan fingerprint density at radius 1 is 1.47 bits per heavy atom. The monoisotopic (exact) mass is 209 g/mol. The molecule has 0 fully saturated rings. The van der Waals surface area contributed by atoms with Gasteiger partial charge in [-0.1, -0.05) is 25.1 Å². The number of carbonyl (C=O) groups excluding carboxylic acids is 1. The lowest BCUT2D eigenvalue weighted by Gasteiger charge is -2.09. The summed E-state index contributed by atoms with van der Waals surface area (Å²) < 4.78 is 4.89. The van der Waals surface area contributed by atoms with Gasteiger partial charge in [-0.05, 0) is 12.1 Å². The number of benzene rings is 1. The predicted molar refractivity (Wildman–Crippen MR) is 57.7 cm³/mol. The van der Waals surface area contributed by atoms with Gasteiger partial charge in [0.2, 0.25) is 0 Å². The van der Waals surface area contributed by atoms with Crippen LogP contribution in [0.3, 0.4) is 0 Å². The molecule has 1 atom stereocenters. The molecule has 1 aromatic carbocycles. The van der Waals surface area contributed by atoms with Crippen molar-refractivity contribution in [1.82, 2.24) is 0 Å². The van der Waals surface area contributed by atoms with Gasteiger partial charge in [-0.2, -0.15) is 0 Å². The van der Waals surface area contributed by atoms with Crippen LogP contribution in [0.4, 0.5) is 10.5 Å². The molecule has 1 aromatic rings. The number of hydrogen-bond donors (Lipinski definition) is 2. The Morgan fingerprint density at radius 3 is 2.73 bits per heavy atom. The number of hydrogen-bond acceptors (Lipinski definition) is 3. The van der Waals surface area contributed by atoms with Gasteiger partial charge in [0.15, 0.2) is 0 Å². The highest BCUT2D eigenvalue weighted by Crippen LogP contribution is 2.05. The first-order chi connectivity index (χ1) is 7.22. The van der Waals surface area contributed by atoms with E-state index in [1.807, 2.05) is 18.2 Å². The SMILES string of the molecule is CC(CO)COC(=O)Nc1ccccc1. The Balaban J connectivity index is 2.31. The summed E-state index contributed by atoms with van der Waals surface area (Å²) in [6.07, 6.45) is -0.499. The molecule has 0 spiro atoms. The van der Waals surface area contributed by atoms with Crippen molar-refractivity contribution in [3.05, 3.63) is 30.3 Å². The highest BCUT2D eigenvalue weighted by molar-refractivity contribution is 5.84. The molecule has 0 bridgehead atoms. The van der Waals surface area contributed by atoms with E-state index in [0.29, 0.717) is 5.69 Å². The molecule has 82 valence electrons. The zero-order valence-corrected chi connectivity index (χ0v) is 8.64. The summed E-state index contributed by atoms with van der Waals surface area (Å²) in [7, 11) is 0. The van der Waals surface area contributed by atoms with E-state index in [2.05, 4.69) is 5.32 Å². The molecule has 0 saturated heterocycles. The number of aliphatic hydroxyl groups is 1. The van der Waals surface area contributed by atoms with E-state index in [1.54, 1.807) is 19.1 Å². The first-order valence-electron chi connectivity index (χ1n) is 4.82. The van der Waals surface area contributed by atoms with Crippen LogP contribution < -0.4 is 5.32 Å². The lowest BCUT2D eigenvalue weighted by Crippen LogP contribution is -2.19. The lowest BCUT2D eigenvalue weighted by atomic mass is 10.2. The number of rotatable bonds is 4. The van der Waals surface area contributed by atoms with Crippen LogP contribution in [0.25, 0.3) is 0 Å². The summed E-state index contributed by atoms with van der Waals surface area (Å²) in [5.74, 6) is -0.0356. The zero-order valence-electron chi connectivity index (χ0n) is 8.64. The number of para-hydroxylation sites is 1. The molecule has 0 saturated carbocycles. The smallest absolute Gasteiger partial charge is 0.411 e. The van der Waals surface area contributed by atoms with Gasteiger partial charge in [0.05, 0.1) is 6.61 Å². The minimum Gasteiger partial charge on any atom is -0.449 e. The molecule has 1 rings (SSSR count). The van der Waals surface area contributed by atoms with Gasteiger partial charge >= 0.3 is 6.09 Å². The molecule has 0 aliphatic rings. The van der Waals surface area contributed by atoms with Crippen molar-refractivity contribution in [2.45, 2.75) is 6.92 Å². The molecular weight excluding hydrogens is 194 g/mol. The third-order valence-corrected chi connectivity index (χ3v) is 1.83. The van der Waals surface area contributed by atoms with Crippen molar-refractivity contribution >= 4 is 11.8 Å². The van der Waals surface area contributed by atoms with Crippen LogP contribution in [0.2, 0.25) is 0 Å². The molecule has 0 heterocycles. The summed E-state index contributed by atoms with van der Waals surface area (Å²) in [4.78, 5) is 11.2.